The van der Waals surface area contributed by atoms with Gasteiger partial charge in [-0.15, -0.1) is 0 Å². The molecule has 1 aliphatic rings. The lowest BCUT2D eigenvalue weighted by atomic mass is 10.1. The average Bonchev–Trinajstić information content (AvgIpc) is 2.47. The zero-order valence-electron chi connectivity index (χ0n) is 9.06. The van der Waals surface area contributed by atoms with Crippen molar-refractivity contribution in [2.24, 2.45) is 0 Å². The van der Waals surface area contributed by atoms with Gasteiger partial charge in [-0.2, -0.15) is 0 Å². The topological polar surface area (TPSA) is 29.5 Å². The van der Waals surface area contributed by atoms with Crippen LogP contribution in [0, 0.1) is 0 Å². The van der Waals surface area contributed by atoms with Crippen LogP contribution in [0.1, 0.15) is 19.4 Å². The summed E-state index contributed by atoms with van der Waals surface area (Å²) >= 11 is 0. The van der Waals surface area contributed by atoms with Crippen molar-refractivity contribution in [3.8, 4) is 0 Å². The second-order valence-corrected chi connectivity index (χ2v) is 4.44. The number of rotatable bonds is 2. The summed E-state index contributed by atoms with van der Waals surface area (Å²) in [6, 6.07) is 9.95. The van der Waals surface area contributed by atoms with Crippen molar-refractivity contribution in [3.63, 3.8) is 0 Å². The maximum Gasteiger partial charge on any atom is 0.410 e. The highest BCUT2D eigenvalue weighted by Crippen LogP contribution is 2.25. The first-order valence-corrected chi connectivity index (χ1v) is 5.08. The molecule has 0 atom stereocenters. The van der Waals surface area contributed by atoms with Gasteiger partial charge in [-0.3, -0.25) is 4.90 Å². The first-order chi connectivity index (χ1) is 7.09. The summed E-state index contributed by atoms with van der Waals surface area (Å²) < 4.78 is 5.04. The van der Waals surface area contributed by atoms with E-state index in [9.17, 15) is 4.79 Å². The Morgan fingerprint density at radius 3 is 2.53 bits per heavy atom. The molecule has 0 radical (unpaired) electrons. The molecule has 1 aromatic carbocycles. The molecule has 1 heterocycles. The number of carbonyl (C=O) groups is 1. The van der Waals surface area contributed by atoms with Crippen LogP contribution in [-0.2, 0) is 11.3 Å². The highest BCUT2D eigenvalue weighted by Gasteiger charge is 2.39. The third-order valence-electron chi connectivity index (χ3n) is 2.68. The van der Waals surface area contributed by atoms with Crippen LogP contribution in [0.25, 0.3) is 0 Å². The fourth-order valence-electron chi connectivity index (χ4n) is 1.69. The van der Waals surface area contributed by atoms with Gasteiger partial charge < -0.3 is 4.74 Å². The Kier molecular flexibility index (Phi) is 2.39. The van der Waals surface area contributed by atoms with E-state index in [1.165, 1.54) is 0 Å². The van der Waals surface area contributed by atoms with E-state index in [2.05, 4.69) is 0 Å². The molecule has 0 aliphatic carbocycles. The molecule has 15 heavy (non-hydrogen) atoms. The number of nitrogens with zero attached hydrogens (tertiary/aromatic N) is 1. The molecular formula is C12H15NO2. The van der Waals surface area contributed by atoms with Gasteiger partial charge >= 0.3 is 6.09 Å². The van der Waals surface area contributed by atoms with Gasteiger partial charge in [0.25, 0.3) is 0 Å². The Bertz CT molecular complexity index is 359. The highest BCUT2D eigenvalue weighted by molar-refractivity contribution is 5.71. The van der Waals surface area contributed by atoms with Crippen molar-refractivity contribution in [3.05, 3.63) is 35.9 Å². The number of cyclic esters (lactones) is 1. The number of benzene rings is 1. The first kappa shape index (κ1) is 10.0. The first-order valence-electron chi connectivity index (χ1n) is 5.08. The van der Waals surface area contributed by atoms with Crippen LogP contribution in [0.15, 0.2) is 30.3 Å². The predicted octanol–water partition coefficient (Wildman–Crippen LogP) is 2.42. The minimum absolute atomic E-state index is 0.201. The molecule has 0 aromatic heterocycles. The van der Waals surface area contributed by atoms with Gasteiger partial charge in [0.1, 0.15) is 6.61 Å². The van der Waals surface area contributed by atoms with Gasteiger partial charge in [-0.05, 0) is 19.4 Å². The molecule has 80 valence electrons. The Morgan fingerprint density at radius 2 is 2.00 bits per heavy atom. The van der Waals surface area contributed by atoms with Crippen LogP contribution < -0.4 is 0 Å². The van der Waals surface area contributed by atoms with Crippen LogP contribution in [0.5, 0.6) is 0 Å². The molecule has 0 saturated carbocycles. The second kappa shape index (κ2) is 3.57. The lowest BCUT2D eigenvalue weighted by Crippen LogP contribution is -2.41. The minimum atomic E-state index is -0.219. The molecule has 0 spiro atoms. The normalized spacial score (nSPS) is 19.1. The Balaban J connectivity index is 2.15. The van der Waals surface area contributed by atoms with E-state index in [1.54, 1.807) is 4.90 Å². The van der Waals surface area contributed by atoms with E-state index >= 15 is 0 Å². The standard InChI is InChI=1S/C12H15NO2/c1-12(2)9-15-11(14)13(12)8-10-6-4-3-5-7-10/h3-7H,8-9H2,1-2H3. The van der Waals surface area contributed by atoms with E-state index in [0.29, 0.717) is 13.2 Å². The van der Waals surface area contributed by atoms with Crippen LogP contribution in [0.4, 0.5) is 4.79 Å². The van der Waals surface area contributed by atoms with E-state index in [1.807, 2.05) is 44.2 Å². The molecule has 1 amide bonds. The van der Waals surface area contributed by atoms with Crippen molar-refractivity contribution in [1.82, 2.24) is 4.90 Å². The fraction of sp³-hybridized carbons (Fsp3) is 0.417. The molecule has 1 saturated heterocycles. The maximum absolute atomic E-state index is 11.5. The largest absolute Gasteiger partial charge is 0.447 e. The van der Waals surface area contributed by atoms with Crippen molar-refractivity contribution < 1.29 is 9.53 Å². The molecule has 1 aliphatic heterocycles. The van der Waals surface area contributed by atoms with Gasteiger partial charge in [0, 0.05) is 6.54 Å². The smallest absolute Gasteiger partial charge is 0.410 e. The SMILES string of the molecule is CC1(C)COC(=O)N1Cc1ccccc1. The number of hydrogen-bond donors (Lipinski definition) is 0. The monoisotopic (exact) mass is 205 g/mol. The fourth-order valence-corrected chi connectivity index (χ4v) is 1.69. The number of amides is 1. The minimum Gasteiger partial charge on any atom is -0.447 e. The zero-order valence-corrected chi connectivity index (χ0v) is 9.06. The summed E-state index contributed by atoms with van der Waals surface area (Å²) in [6.07, 6.45) is -0.219. The molecule has 0 N–H and O–H groups in total. The van der Waals surface area contributed by atoms with Crippen molar-refractivity contribution in [2.75, 3.05) is 6.61 Å². The molecule has 3 nitrogen and oxygen atoms in total. The van der Waals surface area contributed by atoms with Crippen molar-refractivity contribution in [1.29, 1.82) is 0 Å². The van der Waals surface area contributed by atoms with E-state index in [4.69, 9.17) is 4.74 Å². The zero-order chi connectivity index (χ0) is 10.9. The predicted molar refractivity (Wildman–Crippen MR) is 57.4 cm³/mol. The van der Waals surface area contributed by atoms with Crippen LogP contribution >= 0.6 is 0 Å². The van der Waals surface area contributed by atoms with Crippen molar-refractivity contribution in [2.45, 2.75) is 25.9 Å². The van der Waals surface area contributed by atoms with Crippen LogP contribution in [-0.4, -0.2) is 23.1 Å². The Hall–Kier alpha value is -1.51. The lowest BCUT2D eigenvalue weighted by Gasteiger charge is -2.27. The Labute approximate surface area is 89.7 Å². The van der Waals surface area contributed by atoms with Gasteiger partial charge in [-0.25, -0.2) is 4.79 Å². The number of hydrogen-bond acceptors (Lipinski definition) is 2. The summed E-state index contributed by atoms with van der Waals surface area (Å²) in [5.74, 6) is 0. The van der Waals surface area contributed by atoms with E-state index in [0.717, 1.165) is 5.56 Å². The molecule has 2 rings (SSSR count). The molecular weight excluding hydrogens is 190 g/mol. The molecule has 1 aromatic rings. The van der Waals surface area contributed by atoms with Gasteiger partial charge in [0.05, 0.1) is 5.54 Å². The van der Waals surface area contributed by atoms with E-state index in [-0.39, 0.29) is 11.6 Å². The summed E-state index contributed by atoms with van der Waals surface area (Å²) in [4.78, 5) is 13.3. The second-order valence-electron chi connectivity index (χ2n) is 4.44. The van der Waals surface area contributed by atoms with Gasteiger partial charge in [0.2, 0.25) is 0 Å². The third-order valence-corrected chi connectivity index (χ3v) is 2.68. The molecule has 3 heteroatoms. The Morgan fingerprint density at radius 1 is 1.33 bits per heavy atom. The molecule has 0 bridgehead atoms. The quantitative estimate of drug-likeness (QED) is 0.742. The number of carbonyl (C=O) groups excluding carboxylic acids is 1. The van der Waals surface area contributed by atoms with Crippen LogP contribution in [0.2, 0.25) is 0 Å². The third kappa shape index (κ3) is 1.96. The summed E-state index contributed by atoms with van der Waals surface area (Å²) in [7, 11) is 0. The van der Waals surface area contributed by atoms with Crippen LogP contribution in [0.3, 0.4) is 0 Å². The highest BCUT2D eigenvalue weighted by atomic mass is 16.6. The summed E-state index contributed by atoms with van der Waals surface area (Å²) in [5.41, 5.74) is 0.928. The van der Waals surface area contributed by atoms with E-state index < -0.39 is 0 Å². The summed E-state index contributed by atoms with van der Waals surface area (Å²) in [6.45, 7) is 5.12. The maximum atomic E-state index is 11.5. The van der Waals surface area contributed by atoms with Gasteiger partial charge in [-0.1, -0.05) is 30.3 Å². The molecule has 0 unspecified atom stereocenters. The lowest BCUT2D eigenvalue weighted by molar-refractivity contribution is 0.152. The number of ether oxygens (including phenoxy) is 1. The summed E-state index contributed by atoms with van der Waals surface area (Å²) in [5, 5.41) is 0. The van der Waals surface area contributed by atoms with Crippen molar-refractivity contribution >= 4 is 6.09 Å². The molecule has 1 fully saturated rings. The van der Waals surface area contributed by atoms with Gasteiger partial charge in [0.15, 0.2) is 0 Å². The average molecular weight is 205 g/mol.